The van der Waals surface area contributed by atoms with Crippen LogP contribution in [0, 0.1) is 3.57 Å². The number of thiazole rings is 1. The van der Waals surface area contributed by atoms with Crippen LogP contribution in [0.4, 0.5) is 5.69 Å². The van der Waals surface area contributed by atoms with E-state index in [1.807, 2.05) is 54.6 Å². The van der Waals surface area contributed by atoms with Crippen LogP contribution in [0.5, 0.6) is 5.75 Å². The van der Waals surface area contributed by atoms with Crippen molar-refractivity contribution in [3.63, 3.8) is 0 Å². The van der Waals surface area contributed by atoms with Crippen molar-refractivity contribution in [2.45, 2.75) is 0 Å². The molecule has 0 radical (unpaired) electrons. The Morgan fingerprint density at radius 1 is 0.839 bits per heavy atom. The molecule has 0 unspecified atom stereocenters. The van der Waals surface area contributed by atoms with Crippen LogP contribution in [0.2, 0.25) is 0 Å². The van der Waals surface area contributed by atoms with Crippen molar-refractivity contribution >= 4 is 56.0 Å². The van der Waals surface area contributed by atoms with Gasteiger partial charge in [-0.3, -0.25) is 4.99 Å². The molecule has 0 aliphatic carbocycles. The summed E-state index contributed by atoms with van der Waals surface area (Å²) in [5.74, 6) is 0.217. The lowest BCUT2D eigenvalue weighted by Gasteiger charge is -2.03. The van der Waals surface area contributed by atoms with E-state index >= 15 is 0 Å². The summed E-state index contributed by atoms with van der Waals surface area (Å²) >= 11 is 3.89. The maximum absolute atomic E-state index is 10.1. The van der Waals surface area contributed by atoms with Crippen molar-refractivity contribution in [3.05, 3.63) is 100 Å². The summed E-state index contributed by atoms with van der Waals surface area (Å²) in [5.41, 5.74) is 5.78. The third kappa shape index (κ3) is 4.11. The Morgan fingerprint density at radius 2 is 1.61 bits per heavy atom. The quantitative estimate of drug-likeness (QED) is 0.191. The van der Waals surface area contributed by atoms with Gasteiger partial charge in [-0.2, -0.15) is 0 Å². The van der Waals surface area contributed by atoms with Crippen LogP contribution in [0.15, 0.2) is 96.0 Å². The first-order valence-corrected chi connectivity index (χ1v) is 11.7. The fraction of sp³-hybridized carbons (Fsp3) is 0. The molecular formula is C26H17IN2OS. The van der Waals surface area contributed by atoms with E-state index in [1.165, 1.54) is 0 Å². The number of phenolic OH excluding ortho intramolecular Hbond substituents is 1. The molecule has 150 valence electrons. The predicted octanol–water partition coefficient (Wildman–Crippen LogP) is 7.69. The number of hydrogen-bond acceptors (Lipinski definition) is 4. The van der Waals surface area contributed by atoms with Crippen molar-refractivity contribution in [2.24, 2.45) is 4.99 Å². The second-order valence-electron chi connectivity index (χ2n) is 7.02. The van der Waals surface area contributed by atoms with Crippen molar-refractivity contribution in [2.75, 3.05) is 0 Å². The molecule has 0 saturated carbocycles. The van der Waals surface area contributed by atoms with Crippen LogP contribution >= 0.6 is 33.9 Å². The standard InChI is InChI=1S/C26H17IN2OS/c27-19-13-14-23(30)18(15-19)16-28-22-11-5-4-9-21(22)26-29-25-20(10-6-12-24(25)31-26)17-7-2-1-3-8-17/h1-16,30H/b28-16+. The number of benzene rings is 4. The molecule has 1 heterocycles. The Hall–Kier alpha value is -3.03. The largest absolute Gasteiger partial charge is 0.507 e. The molecule has 5 aromatic rings. The van der Waals surface area contributed by atoms with E-state index < -0.39 is 0 Å². The molecule has 0 aliphatic rings. The van der Waals surface area contributed by atoms with Crippen molar-refractivity contribution in [1.29, 1.82) is 0 Å². The summed E-state index contributed by atoms with van der Waals surface area (Å²) in [5, 5.41) is 11.1. The van der Waals surface area contributed by atoms with E-state index in [0.717, 1.165) is 41.2 Å². The lowest BCUT2D eigenvalue weighted by molar-refractivity contribution is 0.474. The fourth-order valence-corrected chi connectivity index (χ4v) is 4.99. The summed E-state index contributed by atoms with van der Waals surface area (Å²) < 4.78 is 2.19. The van der Waals surface area contributed by atoms with E-state index in [0.29, 0.717) is 5.56 Å². The molecule has 0 bridgehead atoms. The molecule has 0 fully saturated rings. The number of aliphatic imine (C=N–C) groups is 1. The fourth-order valence-electron chi connectivity index (χ4n) is 3.45. The minimum Gasteiger partial charge on any atom is -0.507 e. The monoisotopic (exact) mass is 532 g/mol. The number of nitrogens with zero attached hydrogens (tertiary/aromatic N) is 2. The summed E-state index contributed by atoms with van der Waals surface area (Å²) in [6, 6.07) is 30.1. The third-order valence-electron chi connectivity index (χ3n) is 4.97. The normalized spacial score (nSPS) is 11.4. The van der Waals surface area contributed by atoms with Crippen LogP contribution < -0.4 is 0 Å². The lowest BCUT2D eigenvalue weighted by atomic mass is 10.0. The summed E-state index contributed by atoms with van der Waals surface area (Å²) in [6.45, 7) is 0. The maximum atomic E-state index is 10.1. The number of fused-ring (bicyclic) bond motifs is 1. The highest BCUT2D eigenvalue weighted by atomic mass is 127. The third-order valence-corrected chi connectivity index (χ3v) is 6.70. The van der Waals surface area contributed by atoms with E-state index in [4.69, 9.17) is 4.98 Å². The van der Waals surface area contributed by atoms with Gasteiger partial charge in [0.25, 0.3) is 0 Å². The Balaban J connectivity index is 1.59. The molecular weight excluding hydrogens is 515 g/mol. The SMILES string of the molecule is Oc1ccc(I)cc1/C=N/c1ccccc1-c1nc2c(-c3ccccc3)cccc2s1. The van der Waals surface area contributed by atoms with Gasteiger partial charge in [0, 0.05) is 26.5 Å². The first kappa shape index (κ1) is 19.9. The molecule has 0 spiro atoms. The highest BCUT2D eigenvalue weighted by molar-refractivity contribution is 14.1. The molecule has 0 saturated heterocycles. The highest BCUT2D eigenvalue weighted by Gasteiger charge is 2.13. The average Bonchev–Trinajstić information content (AvgIpc) is 3.25. The van der Waals surface area contributed by atoms with Gasteiger partial charge in [0.1, 0.15) is 10.8 Å². The van der Waals surface area contributed by atoms with Gasteiger partial charge in [0.15, 0.2) is 0 Å². The van der Waals surface area contributed by atoms with Gasteiger partial charge >= 0.3 is 0 Å². The molecule has 4 aromatic carbocycles. The van der Waals surface area contributed by atoms with Crippen LogP contribution in [-0.4, -0.2) is 16.3 Å². The maximum Gasteiger partial charge on any atom is 0.126 e. The van der Waals surface area contributed by atoms with Crippen molar-refractivity contribution < 1.29 is 5.11 Å². The Bertz CT molecular complexity index is 1410. The van der Waals surface area contributed by atoms with Gasteiger partial charge in [-0.05, 0) is 64.6 Å². The first-order valence-electron chi connectivity index (χ1n) is 9.76. The smallest absolute Gasteiger partial charge is 0.126 e. The second-order valence-corrected chi connectivity index (χ2v) is 9.29. The van der Waals surface area contributed by atoms with Crippen LogP contribution in [0.3, 0.4) is 0 Å². The molecule has 1 aromatic heterocycles. The van der Waals surface area contributed by atoms with Gasteiger partial charge in [0.05, 0.1) is 15.9 Å². The molecule has 5 rings (SSSR count). The van der Waals surface area contributed by atoms with Gasteiger partial charge < -0.3 is 5.11 Å². The lowest BCUT2D eigenvalue weighted by Crippen LogP contribution is -1.85. The number of rotatable bonds is 4. The zero-order valence-electron chi connectivity index (χ0n) is 16.4. The van der Waals surface area contributed by atoms with Crippen LogP contribution in [0.25, 0.3) is 31.9 Å². The molecule has 0 amide bonds. The number of para-hydroxylation sites is 2. The van der Waals surface area contributed by atoms with Gasteiger partial charge in [-0.25, -0.2) is 4.98 Å². The molecule has 31 heavy (non-hydrogen) atoms. The van der Waals surface area contributed by atoms with Gasteiger partial charge in [0.2, 0.25) is 0 Å². The minimum absolute atomic E-state index is 0.217. The van der Waals surface area contributed by atoms with Crippen LogP contribution in [-0.2, 0) is 0 Å². The topological polar surface area (TPSA) is 45.5 Å². The number of aromatic nitrogens is 1. The van der Waals surface area contributed by atoms with E-state index in [-0.39, 0.29) is 5.75 Å². The minimum atomic E-state index is 0.217. The Kier molecular flexibility index (Phi) is 5.53. The van der Waals surface area contributed by atoms with Crippen LogP contribution in [0.1, 0.15) is 5.56 Å². The number of hydrogen-bond donors (Lipinski definition) is 1. The molecule has 1 N–H and O–H groups in total. The zero-order valence-corrected chi connectivity index (χ0v) is 19.3. The number of aromatic hydroxyl groups is 1. The van der Waals surface area contributed by atoms with Gasteiger partial charge in [-0.1, -0.05) is 54.6 Å². The predicted molar refractivity (Wildman–Crippen MR) is 139 cm³/mol. The molecule has 0 atom stereocenters. The number of phenols is 1. The summed E-state index contributed by atoms with van der Waals surface area (Å²) in [7, 11) is 0. The zero-order chi connectivity index (χ0) is 21.2. The first-order chi connectivity index (χ1) is 15.2. The Labute approximate surface area is 197 Å². The summed E-state index contributed by atoms with van der Waals surface area (Å²) in [6.07, 6.45) is 1.71. The van der Waals surface area contributed by atoms with Crippen molar-refractivity contribution in [1.82, 2.24) is 4.98 Å². The summed E-state index contributed by atoms with van der Waals surface area (Å²) in [4.78, 5) is 9.68. The van der Waals surface area contributed by atoms with E-state index in [1.54, 1.807) is 23.6 Å². The Morgan fingerprint density at radius 3 is 2.48 bits per heavy atom. The highest BCUT2D eigenvalue weighted by Crippen LogP contribution is 2.39. The number of halogens is 1. The van der Waals surface area contributed by atoms with E-state index in [2.05, 4.69) is 57.9 Å². The van der Waals surface area contributed by atoms with Gasteiger partial charge in [-0.15, -0.1) is 11.3 Å². The molecule has 5 heteroatoms. The molecule has 0 aliphatic heterocycles. The second kappa shape index (κ2) is 8.61. The van der Waals surface area contributed by atoms with E-state index in [9.17, 15) is 5.11 Å². The average molecular weight is 532 g/mol. The van der Waals surface area contributed by atoms with Crippen molar-refractivity contribution in [3.8, 4) is 27.4 Å². The molecule has 3 nitrogen and oxygen atoms in total.